The largest absolute Gasteiger partial charge is 0.477 e. The number of hydrogen-bond donors (Lipinski definition) is 0. The van der Waals surface area contributed by atoms with Gasteiger partial charge in [0.2, 0.25) is 9.01 Å². The fourth-order valence-corrected chi connectivity index (χ4v) is 0.527. The zero-order valence-electron chi connectivity index (χ0n) is 4.88. The van der Waals surface area contributed by atoms with Gasteiger partial charge < -0.3 is 4.74 Å². The highest BCUT2D eigenvalue weighted by Gasteiger charge is 2.21. The van der Waals surface area contributed by atoms with Gasteiger partial charge in [0.25, 0.3) is 0 Å². The van der Waals surface area contributed by atoms with Crippen LogP contribution in [0.1, 0.15) is 0 Å². The van der Waals surface area contributed by atoms with Crippen molar-refractivity contribution in [1.29, 1.82) is 0 Å². The minimum Gasteiger partial charge on any atom is -0.477 e. The van der Waals surface area contributed by atoms with Crippen molar-refractivity contribution < 1.29 is 4.74 Å². The lowest BCUT2D eigenvalue weighted by Gasteiger charge is -2.10. The van der Waals surface area contributed by atoms with Crippen molar-refractivity contribution >= 4 is 69.6 Å². The summed E-state index contributed by atoms with van der Waals surface area (Å²) in [7, 11) is 0. The average Bonchev–Trinajstić information content (AvgIpc) is 1.80. The Morgan fingerprint density at radius 1 is 1.09 bits per heavy atom. The number of ether oxygens (including phenoxy) is 1. The fraction of sp³-hybridized carbons (Fsp3) is 0.500. The Balaban J connectivity index is 3.82. The van der Waals surface area contributed by atoms with Crippen molar-refractivity contribution in [2.24, 2.45) is 0 Å². The van der Waals surface area contributed by atoms with Crippen LogP contribution >= 0.6 is 69.6 Å². The molecule has 0 unspecified atom stereocenters. The van der Waals surface area contributed by atoms with Crippen molar-refractivity contribution in [2.75, 3.05) is 6.61 Å². The average molecular weight is 279 g/mol. The van der Waals surface area contributed by atoms with Crippen LogP contribution in [0.4, 0.5) is 0 Å². The lowest BCUT2D eigenvalue weighted by Crippen LogP contribution is -2.11. The minimum atomic E-state index is -1.52. The third-order valence-electron chi connectivity index (χ3n) is 0.511. The normalized spacial score (nSPS) is 11.1. The topological polar surface area (TPSA) is 9.23 Å². The van der Waals surface area contributed by atoms with Gasteiger partial charge in [0.1, 0.15) is 6.61 Å². The number of alkyl halides is 3. The van der Waals surface area contributed by atoms with Gasteiger partial charge in [0.15, 0.2) is 4.49 Å². The first-order valence-electron chi connectivity index (χ1n) is 2.23. The van der Waals surface area contributed by atoms with Gasteiger partial charge in [0.05, 0.1) is 0 Å². The Bertz CT molecular complexity index is 154. The molecule has 0 aliphatic heterocycles. The van der Waals surface area contributed by atoms with Gasteiger partial charge in [-0.05, 0) is 11.6 Å². The molecule has 0 aromatic heterocycles. The molecule has 0 fully saturated rings. The van der Waals surface area contributed by atoms with Gasteiger partial charge in [-0.15, -0.1) is 0 Å². The third kappa shape index (κ3) is 7.63. The highest BCUT2D eigenvalue weighted by Crippen LogP contribution is 2.28. The molecule has 0 saturated heterocycles. The van der Waals surface area contributed by atoms with Crippen LogP contribution in [0.3, 0.4) is 0 Å². The summed E-state index contributed by atoms with van der Waals surface area (Å²) in [5, 5.41) is -0.195. The van der Waals surface area contributed by atoms with Gasteiger partial charge in [-0.25, -0.2) is 0 Å². The van der Waals surface area contributed by atoms with E-state index in [1.54, 1.807) is 0 Å². The zero-order valence-corrected chi connectivity index (χ0v) is 9.42. The van der Waals surface area contributed by atoms with E-state index in [1.165, 1.54) is 0 Å². The van der Waals surface area contributed by atoms with E-state index >= 15 is 0 Å². The standard InChI is InChI=1S/C4H2Cl6O/c5-2(6)3(7)11-1-4(8,9)10/h1H2. The predicted molar refractivity (Wildman–Crippen MR) is 50.8 cm³/mol. The number of halogens is 6. The van der Waals surface area contributed by atoms with E-state index in [2.05, 4.69) is 4.74 Å². The summed E-state index contributed by atoms with van der Waals surface area (Å²) in [5.74, 6) is 0. The van der Waals surface area contributed by atoms with Crippen molar-refractivity contribution in [1.82, 2.24) is 0 Å². The molecule has 0 aromatic rings. The predicted octanol–water partition coefficient (Wildman–Crippen LogP) is 4.22. The summed E-state index contributed by atoms with van der Waals surface area (Å²) in [4.78, 5) is 0. The molecule has 66 valence electrons. The molecule has 0 bridgehead atoms. The summed E-state index contributed by atoms with van der Waals surface area (Å²) in [5.41, 5.74) is 0. The Kier molecular flexibility index (Phi) is 5.70. The van der Waals surface area contributed by atoms with Crippen molar-refractivity contribution in [2.45, 2.75) is 3.79 Å². The molecule has 0 saturated carbocycles. The molecule has 0 aliphatic carbocycles. The van der Waals surface area contributed by atoms with E-state index in [0.29, 0.717) is 0 Å². The van der Waals surface area contributed by atoms with Crippen LogP contribution in [0.2, 0.25) is 0 Å². The molecule has 0 atom stereocenters. The smallest absolute Gasteiger partial charge is 0.224 e. The van der Waals surface area contributed by atoms with E-state index < -0.39 is 3.79 Å². The Labute approximate surface area is 94.1 Å². The van der Waals surface area contributed by atoms with E-state index in [0.717, 1.165) is 0 Å². The van der Waals surface area contributed by atoms with Gasteiger partial charge in [-0.1, -0.05) is 58.0 Å². The molecule has 0 rings (SSSR count). The van der Waals surface area contributed by atoms with Crippen LogP contribution in [0.15, 0.2) is 9.71 Å². The third-order valence-corrected chi connectivity index (χ3v) is 1.67. The quantitative estimate of drug-likeness (QED) is 0.543. The van der Waals surface area contributed by atoms with E-state index in [-0.39, 0.29) is 16.3 Å². The van der Waals surface area contributed by atoms with Gasteiger partial charge >= 0.3 is 0 Å². The van der Waals surface area contributed by atoms with Crippen molar-refractivity contribution in [3.8, 4) is 0 Å². The van der Waals surface area contributed by atoms with Crippen LogP contribution in [0.5, 0.6) is 0 Å². The van der Waals surface area contributed by atoms with Crippen LogP contribution in [0.25, 0.3) is 0 Å². The Morgan fingerprint density at radius 3 is 1.82 bits per heavy atom. The van der Waals surface area contributed by atoms with Crippen molar-refractivity contribution in [3.05, 3.63) is 9.71 Å². The molecule has 0 aromatic carbocycles. The summed E-state index contributed by atoms with van der Waals surface area (Å²) in [6.07, 6.45) is 0. The molecular weight excluding hydrogens is 277 g/mol. The summed E-state index contributed by atoms with van der Waals surface area (Å²) in [6, 6.07) is 0. The molecule has 0 amide bonds. The second-order valence-corrected chi connectivity index (χ2v) is 5.25. The van der Waals surface area contributed by atoms with Crippen LogP contribution in [0, 0.1) is 0 Å². The molecule has 11 heavy (non-hydrogen) atoms. The second kappa shape index (κ2) is 5.11. The first-order valence-corrected chi connectivity index (χ1v) is 4.50. The zero-order chi connectivity index (χ0) is 9.07. The van der Waals surface area contributed by atoms with Gasteiger partial charge in [-0.2, -0.15) is 0 Å². The van der Waals surface area contributed by atoms with Gasteiger partial charge in [0, 0.05) is 0 Å². The highest BCUT2D eigenvalue weighted by molar-refractivity contribution is 6.67. The second-order valence-electron chi connectivity index (χ2n) is 1.44. The molecule has 1 nitrogen and oxygen atoms in total. The van der Waals surface area contributed by atoms with Crippen molar-refractivity contribution in [3.63, 3.8) is 0 Å². The lowest BCUT2D eigenvalue weighted by molar-refractivity contribution is 0.243. The van der Waals surface area contributed by atoms with Crippen LogP contribution in [-0.4, -0.2) is 10.4 Å². The maximum Gasteiger partial charge on any atom is 0.224 e. The molecule has 0 N–H and O–H groups in total. The maximum atomic E-state index is 5.34. The van der Waals surface area contributed by atoms with Crippen LogP contribution in [-0.2, 0) is 4.74 Å². The lowest BCUT2D eigenvalue weighted by atomic mass is 10.8. The Hall–Kier alpha value is 1.28. The Morgan fingerprint density at radius 2 is 1.55 bits per heavy atom. The number of rotatable bonds is 2. The maximum absolute atomic E-state index is 5.34. The van der Waals surface area contributed by atoms with E-state index in [1.807, 2.05) is 0 Å². The van der Waals surface area contributed by atoms with Crippen LogP contribution < -0.4 is 0 Å². The SMILES string of the molecule is ClC(Cl)=C(Cl)OCC(Cl)(Cl)Cl. The summed E-state index contributed by atoms with van der Waals surface area (Å²) in [6.45, 7) is -0.209. The van der Waals surface area contributed by atoms with E-state index in [9.17, 15) is 0 Å². The molecule has 0 aliphatic rings. The first kappa shape index (κ1) is 12.3. The monoisotopic (exact) mass is 276 g/mol. The summed E-state index contributed by atoms with van der Waals surface area (Å²) >= 11 is 31.7. The molecule has 0 spiro atoms. The first-order chi connectivity index (χ1) is 4.83. The minimum absolute atomic E-state index is 0.195. The molecule has 7 heteroatoms. The molecule has 0 heterocycles. The molecular formula is C4H2Cl6O. The highest BCUT2D eigenvalue weighted by atomic mass is 35.6. The summed E-state index contributed by atoms with van der Waals surface area (Å²) < 4.78 is 2.92. The molecule has 0 radical (unpaired) electrons. The van der Waals surface area contributed by atoms with E-state index in [4.69, 9.17) is 69.6 Å². The fourth-order valence-electron chi connectivity index (χ4n) is 0.200. The number of hydrogen-bond acceptors (Lipinski definition) is 1. The van der Waals surface area contributed by atoms with Gasteiger partial charge in [-0.3, -0.25) is 0 Å².